The Bertz CT molecular complexity index is 1160. The molecule has 0 amide bonds. The first-order chi connectivity index (χ1) is 16.9. The fourth-order valence-electron chi connectivity index (χ4n) is 2.98. The van der Waals surface area contributed by atoms with Crippen molar-refractivity contribution in [2.24, 2.45) is 4.52 Å². The summed E-state index contributed by atoms with van der Waals surface area (Å²) in [5.41, 5.74) is 4.59. The van der Waals surface area contributed by atoms with Crippen molar-refractivity contribution < 1.29 is 18.1 Å². The Kier molecular flexibility index (Phi) is 8.47. The second-order valence-electron chi connectivity index (χ2n) is 8.24. The molecule has 0 unspecified atom stereocenters. The zero-order valence-electron chi connectivity index (χ0n) is 20.3. The van der Waals surface area contributed by atoms with Crippen molar-refractivity contribution in [3.05, 3.63) is 119 Å². The largest absolute Gasteiger partial charge is 0.441 e. The molecule has 0 aliphatic carbocycles. The van der Waals surface area contributed by atoms with E-state index in [1.807, 2.05) is 125 Å². The van der Waals surface area contributed by atoms with Gasteiger partial charge in [-0.2, -0.15) is 0 Å². The first-order valence-corrected chi connectivity index (χ1v) is 13.7. The molecule has 0 aromatic heterocycles. The Labute approximate surface area is 209 Å². The van der Waals surface area contributed by atoms with E-state index >= 15 is 0 Å². The van der Waals surface area contributed by atoms with Gasteiger partial charge in [-0.1, -0.05) is 70.8 Å². The van der Waals surface area contributed by atoms with E-state index < -0.39 is 16.7 Å². The van der Waals surface area contributed by atoms with Gasteiger partial charge in [0, 0.05) is 0 Å². The van der Waals surface area contributed by atoms with Crippen LogP contribution in [-0.2, 0) is 0 Å². The molecule has 35 heavy (non-hydrogen) atoms. The normalized spacial score (nSPS) is 10.8. The molecule has 0 bridgehead atoms. The number of aryl methyl sites for hydroxylation is 4. The lowest BCUT2D eigenvalue weighted by Crippen LogP contribution is -1.96. The molecule has 0 N–H and O–H groups in total. The van der Waals surface area contributed by atoms with Crippen molar-refractivity contribution in [1.29, 1.82) is 0 Å². The molecule has 4 aromatic rings. The fraction of sp³-hybridized carbons (Fsp3) is 0.143. The third-order valence-corrected chi connectivity index (χ3v) is 7.89. The van der Waals surface area contributed by atoms with Crippen LogP contribution < -0.4 is 18.1 Å². The van der Waals surface area contributed by atoms with Gasteiger partial charge in [0.25, 0.3) is 0 Å². The Morgan fingerprint density at radius 2 is 0.743 bits per heavy atom. The lowest BCUT2D eigenvalue weighted by atomic mass is 10.2. The van der Waals surface area contributed by atoms with Crippen molar-refractivity contribution >= 4 is 16.7 Å². The predicted molar refractivity (Wildman–Crippen MR) is 145 cm³/mol. The summed E-state index contributed by atoms with van der Waals surface area (Å²) < 4.78 is 29.6. The lowest BCUT2D eigenvalue weighted by molar-refractivity contribution is 0.481. The van der Waals surface area contributed by atoms with Crippen LogP contribution in [0, 0.1) is 27.7 Å². The SMILES string of the molecule is Cc1ccc(OP(N=[PH](Oc2ccc(C)cc2)Oc2ccc(C)cc2)Oc2ccc(C)cc2)cc1. The van der Waals surface area contributed by atoms with Crippen LogP contribution >= 0.6 is 16.7 Å². The summed E-state index contributed by atoms with van der Waals surface area (Å²) >= 11 is 0. The van der Waals surface area contributed by atoms with Gasteiger partial charge in [-0.25, -0.2) is 0 Å². The molecule has 4 rings (SSSR count). The standard InChI is InChI=1S/C28H29NO4P2/c1-21-5-13-25(14-6-21)30-34(31-26-15-7-22(2)8-16-26)29-35(32-27-17-9-23(3)10-18-27)33-28-19-11-24(4)12-20-28/h5-20,34H,1-4H3. The summed E-state index contributed by atoms with van der Waals surface area (Å²) in [6.45, 7) is 8.14. The summed E-state index contributed by atoms with van der Waals surface area (Å²) in [5.74, 6) is 2.70. The van der Waals surface area contributed by atoms with E-state index in [0.29, 0.717) is 23.0 Å². The van der Waals surface area contributed by atoms with Crippen LogP contribution in [0.25, 0.3) is 0 Å². The summed E-state index contributed by atoms with van der Waals surface area (Å²) in [6, 6.07) is 31.2. The second-order valence-corrected chi connectivity index (χ2v) is 10.8. The predicted octanol–water partition coefficient (Wildman–Crippen LogP) is 8.99. The number of hydrogen-bond donors (Lipinski definition) is 0. The van der Waals surface area contributed by atoms with Crippen molar-refractivity contribution in [3.8, 4) is 23.0 Å². The quantitative estimate of drug-likeness (QED) is 0.213. The molecule has 0 aliphatic heterocycles. The first-order valence-electron chi connectivity index (χ1n) is 11.3. The third kappa shape index (κ3) is 7.89. The van der Waals surface area contributed by atoms with Gasteiger partial charge in [0.2, 0.25) is 0 Å². The minimum Gasteiger partial charge on any atom is -0.432 e. The van der Waals surface area contributed by atoms with Crippen molar-refractivity contribution in [3.63, 3.8) is 0 Å². The topological polar surface area (TPSA) is 49.3 Å². The molecular weight excluding hydrogens is 476 g/mol. The average Bonchev–Trinajstić information content (AvgIpc) is 2.85. The molecule has 0 aliphatic rings. The highest BCUT2D eigenvalue weighted by Crippen LogP contribution is 2.49. The Morgan fingerprint density at radius 3 is 1.06 bits per heavy atom. The maximum absolute atomic E-state index is 6.22. The highest BCUT2D eigenvalue weighted by molar-refractivity contribution is 7.55. The number of hydrogen-bond acceptors (Lipinski definition) is 5. The Balaban J connectivity index is 1.66. The van der Waals surface area contributed by atoms with Gasteiger partial charge >= 0.3 is 16.7 Å². The zero-order chi connectivity index (χ0) is 24.6. The molecule has 7 heteroatoms. The molecule has 0 fully saturated rings. The van der Waals surface area contributed by atoms with E-state index in [-0.39, 0.29) is 0 Å². The number of nitrogens with zero attached hydrogens (tertiary/aromatic N) is 1. The van der Waals surface area contributed by atoms with Crippen LogP contribution in [0.2, 0.25) is 0 Å². The maximum Gasteiger partial charge on any atom is 0.441 e. The first kappa shape index (κ1) is 24.9. The van der Waals surface area contributed by atoms with E-state index in [2.05, 4.69) is 0 Å². The second kappa shape index (κ2) is 11.9. The number of benzene rings is 4. The highest BCUT2D eigenvalue weighted by atomic mass is 31.2. The van der Waals surface area contributed by atoms with Crippen molar-refractivity contribution in [2.45, 2.75) is 27.7 Å². The van der Waals surface area contributed by atoms with Crippen LogP contribution in [0.3, 0.4) is 0 Å². The van der Waals surface area contributed by atoms with E-state index in [1.54, 1.807) is 0 Å². The monoisotopic (exact) mass is 505 g/mol. The van der Waals surface area contributed by atoms with Crippen LogP contribution in [0.5, 0.6) is 23.0 Å². The summed E-state index contributed by atoms with van der Waals surface area (Å²) in [4.78, 5) is 0. The van der Waals surface area contributed by atoms with Gasteiger partial charge in [0.1, 0.15) is 23.0 Å². The molecule has 0 saturated carbocycles. The molecule has 0 spiro atoms. The summed E-state index contributed by atoms with van der Waals surface area (Å²) in [6.07, 6.45) is 0. The highest BCUT2D eigenvalue weighted by Gasteiger charge is 2.18. The molecule has 0 atom stereocenters. The minimum atomic E-state index is -2.22. The van der Waals surface area contributed by atoms with Gasteiger partial charge in [-0.3, -0.25) is 0 Å². The summed E-state index contributed by atoms with van der Waals surface area (Å²) in [7, 11) is -3.98. The fourth-order valence-corrected chi connectivity index (χ4v) is 5.53. The van der Waals surface area contributed by atoms with E-state index in [1.165, 1.54) is 0 Å². The van der Waals surface area contributed by atoms with Crippen molar-refractivity contribution in [2.75, 3.05) is 0 Å². The Morgan fingerprint density at radius 1 is 0.457 bits per heavy atom. The van der Waals surface area contributed by atoms with Gasteiger partial charge in [-0.15, -0.1) is 4.52 Å². The molecule has 180 valence electrons. The number of rotatable bonds is 9. The average molecular weight is 505 g/mol. The maximum atomic E-state index is 6.22. The Hall–Kier alpha value is -3.26. The molecule has 5 nitrogen and oxygen atoms in total. The van der Waals surface area contributed by atoms with E-state index in [0.717, 1.165) is 22.3 Å². The van der Waals surface area contributed by atoms with Crippen molar-refractivity contribution in [1.82, 2.24) is 0 Å². The van der Waals surface area contributed by atoms with E-state index in [4.69, 9.17) is 22.6 Å². The zero-order valence-corrected chi connectivity index (χ0v) is 22.2. The van der Waals surface area contributed by atoms with Gasteiger partial charge in [0.05, 0.1) is 0 Å². The van der Waals surface area contributed by atoms with Crippen LogP contribution in [-0.4, -0.2) is 0 Å². The molecule has 0 radical (unpaired) electrons. The van der Waals surface area contributed by atoms with Gasteiger partial charge < -0.3 is 18.1 Å². The lowest BCUT2D eigenvalue weighted by Gasteiger charge is -2.18. The van der Waals surface area contributed by atoms with Crippen LogP contribution in [0.1, 0.15) is 22.3 Å². The minimum absolute atomic E-state index is 0.671. The molecule has 0 saturated heterocycles. The van der Waals surface area contributed by atoms with Gasteiger partial charge in [0.15, 0.2) is 0 Å². The van der Waals surface area contributed by atoms with Crippen LogP contribution in [0.15, 0.2) is 102 Å². The third-order valence-electron chi connectivity index (χ3n) is 5.02. The van der Waals surface area contributed by atoms with Crippen LogP contribution in [0.4, 0.5) is 0 Å². The smallest absolute Gasteiger partial charge is 0.432 e. The molecule has 0 heterocycles. The molecule has 4 aromatic carbocycles. The van der Waals surface area contributed by atoms with E-state index in [9.17, 15) is 0 Å². The molecular formula is C28H29NO4P2. The van der Waals surface area contributed by atoms with Gasteiger partial charge in [-0.05, 0) is 76.2 Å². The summed E-state index contributed by atoms with van der Waals surface area (Å²) in [5, 5.41) is 0.